The fraction of sp³-hybridized carbons (Fsp3) is 0.375. The van der Waals surface area contributed by atoms with E-state index >= 15 is 0 Å². The molecule has 0 heterocycles. The lowest BCUT2D eigenvalue weighted by molar-refractivity contribution is -0.140. The molecule has 3 aromatic carbocycles. The topological polar surface area (TPSA) is 96.0 Å². The molecule has 0 fully saturated rings. The molecule has 41 heavy (non-hydrogen) atoms. The van der Waals surface area contributed by atoms with Gasteiger partial charge in [-0.15, -0.1) is 0 Å². The Bertz CT molecular complexity index is 1450. The first kappa shape index (κ1) is 31.7. The Morgan fingerprint density at radius 1 is 0.927 bits per heavy atom. The summed E-state index contributed by atoms with van der Waals surface area (Å²) in [4.78, 5) is 28.8. The molecule has 0 aliphatic rings. The van der Waals surface area contributed by atoms with E-state index in [4.69, 9.17) is 4.74 Å². The van der Waals surface area contributed by atoms with Gasteiger partial charge in [0.1, 0.15) is 18.3 Å². The lowest BCUT2D eigenvalue weighted by Crippen LogP contribution is -2.54. The van der Waals surface area contributed by atoms with Crippen molar-refractivity contribution in [1.29, 1.82) is 0 Å². The number of nitrogens with one attached hydrogen (secondary N) is 1. The minimum Gasteiger partial charge on any atom is -0.494 e. The molecule has 3 aromatic rings. The van der Waals surface area contributed by atoms with Gasteiger partial charge in [0.05, 0.1) is 17.2 Å². The molecule has 0 spiro atoms. The Hall–Kier alpha value is -3.85. The second kappa shape index (κ2) is 13.2. The van der Waals surface area contributed by atoms with Gasteiger partial charge in [-0.25, -0.2) is 8.42 Å². The molecule has 220 valence electrons. The van der Waals surface area contributed by atoms with Gasteiger partial charge in [-0.3, -0.25) is 13.9 Å². The lowest BCUT2D eigenvalue weighted by atomic mass is 10.1. The zero-order chi connectivity index (χ0) is 30.4. The van der Waals surface area contributed by atoms with Crippen molar-refractivity contribution >= 4 is 27.5 Å². The minimum atomic E-state index is -4.14. The van der Waals surface area contributed by atoms with E-state index in [1.807, 2.05) is 65.8 Å². The first-order valence-electron chi connectivity index (χ1n) is 13.7. The summed E-state index contributed by atoms with van der Waals surface area (Å²) in [6, 6.07) is 19.8. The van der Waals surface area contributed by atoms with Crippen LogP contribution < -0.4 is 14.4 Å². The highest BCUT2D eigenvalue weighted by molar-refractivity contribution is 7.92. The van der Waals surface area contributed by atoms with Crippen molar-refractivity contribution in [3.63, 3.8) is 0 Å². The maximum Gasteiger partial charge on any atom is 0.264 e. The van der Waals surface area contributed by atoms with Crippen molar-refractivity contribution < 1.29 is 22.7 Å². The fourth-order valence-corrected chi connectivity index (χ4v) is 5.68. The van der Waals surface area contributed by atoms with Gasteiger partial charge in [0, 0.05) is 12.1 Å². The van der Waals surface area contributed by atoms with E-state index in [0.717, 1.165) is 21.0 Å². The highest BCUT2D eigenvalue weighted by Crippen LogP contribution is 2.27. The Morgan fingerprint density at radius 2 is 1.54 bits per heavy atom. The summed E-state index contributed by atoms with van der Waals surface area (Å²) in [7, 11) is -4.14. The molecule has 3 rings (SSSR count). The van der Waals surface area contributed by atoms with Crippen molar-refractivity contribution in [3.05, 3.63) is 89.5 Å². The summed E-state index contributed by atoms with van der Waals surface area (Å²) < 4.78 is 34.5. The van der Waals surface area contributed by atoms with Gasteiger partial charge in [-0.2, -0.15) is 0 Å². The van der Waals surface area contributed by atoms with Crippen LogP contribution in [0.3, 0.4) is 0 Å². The quantitative estimate of drug-likeness (QED) is 0.336. The van der Waals surface area contributed by atoms with E-state index < -0.39 is 34.1 Å². The highest BCUT2D eigenvalue weighted by Gasteiger charge is 2.33. The van der Waals surface area contributed by atoms with Crippen molar-refractivity contribution in [2.24, 2.45) is 0 Å². The zero-order valence-corrected chi connectivity index (χ0v) is 25.8. The number of benzene rings is 3. The average Bonchev–Trinajstić information content (AvgIpc) is 2.90. The monoisotopic (exact) mass is 579 g/mol. The van der Waals surface area contributed by atoms with Crippen LogP contribution in [0.2, 0.25) is 0 Å². The standard InChI is InChI=1S/C32H41N3O5S/c1-8-40-28-17-15-27(16-18-28)35(41(38,39)29-19-13-23(2)14-20-29)22-30(36)34(21-26-12-10-9-11-24(26)3)25(4)31(37)33-32(5,6)7/h9-20,25H,8,21-22H2,1-7H3,(H,33,37). The van der Waals surface area contributed by atoms with Crippen LogP contribution in [0, 0.1) is 13.8 Å². The van der Waals surface area contributed by atoms with Crippen LogP contribution in [-0.2, 0) is 26.2 Å². The number of ether oxygens (including phenoxy) is 1. The zero-order valence-electron chi connectivity index (χ0n) is 25.0. The summed E-state index contributed by atoms with van der Waals surface area (Å²) in [5, 5.41) is 2.94. The van der Waals surface area contributed by atoms with Gasteiger partial charge in [-0.1, -0.05) is 42.0 Å². The SMILES string of the molecule is CCOc1ccc(N(CC(=O)N(Cc2ccccc2C)C(C)C(=O)NC(C)(C)C)S(=O)(=O)c2ccc(C)cc2)cc1. The second-order valence-electron chi connectivity index (χ2n) is 11.1. The molecule has 1 atom stereocenters. The maximum atomic E-state index is 14.1. The van der Waals surface area contributed by atoms with E-state index in [1.165, 1.54) is 17.0 Å². The van der Waals surface area contributed by atoms with Crippen LogP contribution in [0.25, 0.3) is 0 Å². The van der Waals surface area contributed by atoms with E-state index in [-0.39, 0.29) is 17.3 Å². The van der Waals surface area contributed by atoms with Crippen molar-refractivity contribution in [2.75, 3.05) is 17.5 Å². The van der Waals surface area contributed by atoms with Crippen molar-refractivity contribution in [1.82, 2.24) is 10.2 Å². The number of hydrogen-bond acceptors (Lipinski definition) is 5. The Morgan fingerprint density at radius 3 is 2.10 bits per heavy atom. The number of amides is 2. The van der Waals surface area contributed by atoms with Crippen molar-refractivity contribution in [3.8, 4) is 5.75 Å². The van der Waals surface area contributed by atoms with E-state index in [2.05, 4.69) is 5.32 Å². The number of aryl methyl sites for hydroxylation is 2. The third-order valence-corrected chi connectivity index (χ3v) is 8.38. The summed E-state index contributed by atoms with van der Waals surface area (Å²) >= 11 is 0. The molecule has 8 nitrogen and oxygen atoms in total. The Balaban J connectivity index is 2.05. The first-order valence-corrected chi connectivity index (χ1v) is 15.1. The molecule has 0 aliphatic carbocycles. The van der Waals surface area contributed by atoms with Gasteiger partial charge in [-0.05, 0) is 96.0 Å². The smallest absolute Gasteiger partial charge is 0.264 e. The lowest BCUT2D eigenvalue weighted by Gasteiger charge is -2.33. The number of sulfonamides is 1. The van der Waals surface area contributed by atoms with E-state index in [9.17, 15) is 18.0 Å². The van der Waals surface area contributed by atoms with Crippen LogP contribution in [0.15, 0.2) is 77.7 Å². The van der Waals surface area contributed by atoms with Crippen LogP contribution in [0.5, 0.6) is 5.75 Å². The molecular weight excluding hydrogens is 538 g/mol. The largest absolute Gasteiger partial charge is 0.494 e. The number of rotatable bonds is 11. The van der Waals surface area contributed by atoms with Crippen LogP contribution in [0.4, 0.5) is 5.69 Å². The molecule has 0 saturated carbocycles. The molecule has 9 heteroatoms. The summed E-state index contributed by atoms with van der Waals surface area (Å²) in [5.74, 6) is -0.244. The Kier molecular flexibility index (Phi) is 10.2. The van der Waals surface area contributed by atoms with Gasteiger partial charge in [0.2, 0.25) is 11.8 Å². The normalized spacial score (nSPS) is 12.4. The predicted molar refractivity (Wildman–Crippen MR) is 162 cm³/mol. The van der Waals surface area contributed by atoms with Gasteiger partial charge >= 0.3 is 0 Å². The van der Waals surface area contributed by atoms with Gasteiger partial charge in [0.25, 0.3) is 10.0 Å². The first-order chi connectivity index (χ1) is 19.2. The van der Waals surface area contributed by atoms with Crippen LogP contribution in [0.1, 0.15) is 51.3 Å². The maximum absolute atomic E-state index is 14.1. The molecule has 1 N–H and O–H groups in total. The Labute approximate surface area is 244 Å². The number of carbonyl (C=O) groups is 2. The summed E-state index contributed by atoms with van der Waals surface area (Å²) in [6.07, 6.45) is 0. The number of nitrogens with zero attached hydrogens (tertiary/aromatic N) is 2. The summed E-state index contributed by atoms with van der Waals surface area (Å²) in [5.41, 5.74) is 2.54. The van der Waals surface area contributed by atoms with Crippen LogP contribution in [-0.4, -0.2) is 49.9 Å². The summed E-state index contributed by atoms with van der Waals surface area (Å²) in [6.45, 7) is 13.0. The fourth-order valence-electron chi connectivity index (χ4n) is 4.27. The number of hydrogen-bond donors (Lipinski definition) is 1. The molecule has 2 amide bonds. The minimum absolute atomic E-state index is 0.0637. The van der Waals surface area contributed by atoms with Crippen molar-refractivity contribution in [2.45, 2.75) is 71.5 Å². The van der Waals surface area contributed by atoms with Crippen LogP contribution >= 0.6 is 0 Å². The number of carbonyl (C=O) groups excluding carboxylic acids is 2. The third kappa shape index (κ3) is 8.33. The number of anilines is 1. The van der Waals surface area contributed by atoms with E-state index in [0.29, 0.717) is 18.0 Å². The average molecular weight is 580 g/mol. The highest BCUT2D eigenvalue weighted by atomic mass is 32.2. The third-order valence-electron chi connectivity index (χ3n) is 6.59. The predicted octanol–water partition coefficient (Wildman–Crippen LogP) is 5.23. The molecule has 0 aliphatic heterocycles. The molecular formula is C32H41N3O5S. The van der Waals surface area contributed by atoms with Gasteiger partial charge in [0.15, 0.2) is 0 Å². The van der Waals surface area contributed by atoms with Gasteiger partial charge < -0.3 is 15.0 Å². The molecule has 0 radical (unpaired) electrons. The molecule has 0 aromatic heterocycles. The van der Waals surface area contributed by atoms with E-state index in [1.54, 1.807) is 43.3 Å². The molecule has 0 bridgehead atoms. The molecule has 0 saturated heterocycles. The molecule has 1 unspecified atom stereocenters. The second-order valence-corrected chi connectivity index (χ2v) is 13.0.